The zero-order valence-electron chi connectivity index (χ0n) is 12.6. The molecule has 2 fully saturated rings. The molecule has 1 aromatic rings. The van der Waals surface area contributed by atoms with E-state index in [1.807, 2.05) is 4.90 Å². The van der Waals surface area contributed by atoms with E-state index in [4.69, 9.17) is 5.11 Å². The number of nitrogens with zero attached hydrogens (tertiary/aromatic N) is 2. The molecule has 0 bridgehead atoms. The van der Waals surface area contributed by atoms with Crippen LogP contribution in [0.25, 0.3) is 0 Å². The Hall–Kier alpha value is -1.40. The maximum atomic E-state index is 12.5. The molecule has 0 unspecified atom stereocenters. The van der Waals surface area contributed by atoms with Crippen LogP contribution >= 0.6 is 11.3 Å². The highest BCUT2D eigenvalue weighted by atomic mass is 32.1. The highest BCUT2D eigenvalue weighted by Gasteiger charge is 2.36. The molecule has 5 nitrogen and oxygen atoms in total. The van der Waals surface area contributed by atoms with Crippen LogP contribution < -0.4 is 0 Å². The van der Waals surface area contributed by atoms with E-state index in [0.717, 1.165) is 39.1 Å². The van der Waals surface area contributed by atoms with Gasteiger partial charge in [0.15, 0.2) is 0 Å². The van der Waals surface area contributed by atoms with E-state index in [9.17, 15) is 9.59 Å². The SMILES string of the molecule is O=C(O)[C@@H]1CC[C@H](C(=O)N2CCN(Cc3cccs3)CC2)C1. The van der Waals surface area contributed by atoms with E-state index < -0.39 is 5.97 Å². The number of amides is 1. The highest BCUT2D eigenvalue weighted by Crippen LogP contribution is 2.32. The zero-order chi connectivity index (χ0) is 15.5. The molecule has 6 heteroatoms. The van der Waals surface area contributed by atoms with Crippen molar-refractivity contribution in [3.05, 3.63) is 22.4 Å². The summed E-state index contributed by atoms with van der Waals surface area (Å²) in [4.78, 5) is 29.2. The third kappa shape index (κ3) is 3.50. The summed E-state index contributed by atoms with van der Waals surface area (Å²) >= 11 is 1.77. The van der Waals surface area contributed by atoms with Gasteiger partial charge in [-0.15, -0.1) is 11.3 Å². The molecule has 3 rings (SSSR count). The highest BCUT2D eigenvalue weighted by molar-refractivity contribution is 7.09. The second-order valence-corrected chi connectivity index (χ2v) is 7.26. The summed E-state index contributed by atoms with van der Waals surface area (Å²) in [6.45, 7) is 4.29. The predicted octanol–water partition coefficient (Wildman–Crippen LogP) is 1.89. The molecule has 2 heterocycles. The van der Waals surface area contributed by atoms with Gasteiger partial charge in [-0.2, -0.15) is 0 Å². The van der Waals surface area contributed by atoms with Crippen LogP contribution in [0.2, 0.25) is 0 Å². The van der Waals surface area contributed by atoms with E-state index in [-0.39, 0.29) is 17.7 Å². The van der Waals surface area contributed by atoms with Crippen molar-refractivity contribution in [3.8, 4) is 0 Å². The Kier molecular flexibility index (Phi) is 4.78. The van der Waals surface area contributed by atoms with Crippen molar-refractivity contribution in [1.29, 1.82) is 0 Å². The van der Waals surface area contributed by atoms with Crippen LogP contribution in [0, 0.1) is 11.8 Å². The molecule has 0 radical (unpaired) electrons. The molecule has 1 saturated heterocycles. The molecule has 120 valence electrons. The molecule has 2 aliphatic rings. The van der Waals surface area contributed by atoms with Crippen molar-refractivity contribution in [3.63, 3.8) is 0 Å². The fourth-order valence-corrected chi connectivity index (χ4v) is 4.18. The number of rotatable bonds is 4. The lowest BCUT2D eigenvalue weighted by Crippen LogP contribution is -2.49. The molecule has 22 heavy (non-hydrogen) atoms. The monoisotopic (exact) mass is 322 g/mol. The number of hydrogen-bond donors (Lipinski definition) is 1. The van der Waals surface area contributed by atoms with Crippen molar-refractivity contribution in [2.24, 2.45) is 11.8 Å². The first-order valence-electron chi connectivity index (χ1n) is 7.90. The molecule has 1 N–H and O–H groups in total. The first-order valence-corrected chi connectivity index (χ1v) is 8.78. The molecular formula is C16H22N2O3S. The third-order valence-electron chi connectivity index (χ3n) is 4.77. The van der Waals surface area contributed by atoms with Gasteiger partial charge in [0.1, 0.15) is 0 Å². The number of carbonyl (C=O) groups excluding carboxylic acids is 1. The lowest BCUT2D eigenvalue weighted by molar-refractivity contribution is -0.142. The zero-order valence-corrected chi connectivity index (χ0v) is 13.4. The van der Waals surface area contributed by atoms with Gasteiger partial charge in [0.2, 0.25) is 5.91 Å². The van der Waals surface area contributed by atoms with E-state index in [1.54, 1.807) is 11.3 Å². The van der Waals surface area contributed by atoms with Crippen LogP contribution in [0.5, 0.6) is 0 Å². The number of carbonyl (C=O) groups is 2. The summed E-state index contributed by atoms with van der Waals surface area (Å²) in [6, 6.07) is 4.21. The van der Waals surface area contributed by atoms with Crippen LogP contribution in [0.4, 0.5) is 0 Å². The van der Waals surface area contributed by atoms with E-state index in [0.29, 0.717) is 12.8 Å². The maximum Gasteiger partial charge on any atom is 0.306 e. The molecular weight excluding hydrogens is 300 g/mol. The van der Waals surface area contributed by atoms with Crippen LogP contribution in [0.3, 0.4) is 0 Å². The molecule has 0 spiro atoms. The van der Waals surface area contributed by atoms with Crippen molar-refractivity contribution in [2.75, 3.05) is 26.2 Å². The predicted molar refractivity (Wildman–Crippen MR) is 84.6 cm³/mol. The number of carboxylic acid groups (broad SMARTS) is 1. The lowest BCUT2D eigenvalue weighted by atomic mass is 10.0. The van der Waals surface area contributed by atoms with Gasteiger partial charge < -0.3 is 10.0 Å². The first-order chi connectivity index (χ1) is 10.6. The summed E-state index contributed by atoms with van der Waals surface area (Å²) in [6.07, 6.45) is 1.89. The number of thiophene rings is 1. The largest absolute Gasteiger partial charge is 0.481 e. The van der Waals surface area contributed by atoms with Crippen molar-refractivity contribution >= 4 is 23.2 Å². The van der Waals surface area contributed by atoms with E-state index in [1.165, 1.54) is 4.88 Å². The van der Waals surface area contributed by atoms with E-state index in [2.05, 4.69) is 22.4 Å². The summed E-state index contributed by atoms with van der Waals surface area (Å²) < 4.78 is 0. The molecule has 0 aromatic carbocycles. The van der Waals surface area contributed by atoms with Gasteiger partial charge in [0.05, 0.1) is 5.92 Å². The number of aliphatic carboxylic acids is 1. The molecule has 1 amide bonds. The fourth-order valence-electron chi connectivity index (χ4n) is 3.44. The summed E-state index contributed by atoms with van der Waals surface area (Å²) in [5.74, 6) is -0.991. The van der Waals surface area contributed by atoms with Gasteiger partial charge in [-0.3, -0.25) is 14.5 Å². The van der Waals surface area contributed by atoms with Gasteiger partial charge in [-0.1, -0.05) is 6.07 Å². The average molecular weight is 322 g/mol. The minimum atomic E-state index is -0.754. The summed E-state index contributed by atoms with van der Waals surface area (Å²) in [7, 11) is 0. The Morgan fingerprint density at radius 1 is 1.18 bits per heavy atom. The van der Waals surface area contributed by atoms with Crippen molar-refractivity contribution < 1.29 is 14.7 Å². The van der Waals surface area contributed by atoms with Gasteiger partial charge in [0, 0.05) is 43.5 Å². The van der Waals surface area contributed by atoms with E-state index >= 15 is 0 Å². The van der Waals surface area contributed by atoms with Gasteiger partial charge in [-0.05, 0) is 30.7 Å². The number of hydrogen-bond acceptors (Lipinski definition) is 4. The Balaban J connectivity index is 1.47. The minimum Gasteiger partial charge on any atom is -0.481 e. The quantitative estimate of drug-likeness (QED) is 0.920. The Labute approximate surface area is 134 Å². The Morgan fingerprint density at radius 2 is 1.91 bits per heavy atom. The van der Waals surface area contributed by atoms with Gasteiger partial charge in [-0.25, -0.2) is 0 Å². The van der Waals surface area contributed by atoms with Crippen LogP contribution in [-0.2, 0) is 16.1 Å². The van der Waals surface area contributed by atoms with Crippen molar-refractivity contribution in [1.82, 2.24) is 9.80 Å². The first kappa shape index (κ1) is 15.5. The van der Waals surface area contributed by atoms with Crippen LogP contribution in [0.15, 0.2) is 17.5 Å². The summed E-state index contributed by atoms with van der Waals surface area (Å²) in [5, 5.41) is 11.1. The van der Waals surface area contributed by atoms with Gasteiger partial charge in [0.25, 0.3) is 0 Å². The molecule has 2 atom stereocenters. The molecule has 1 aromatic heterocycles. The van der Waals surface area contributed by atoms with Crippen molar-refractivity contribution in [2.45, 2.75) is 25.8 Å². The lowest BCUT2D eigenvalue weighted by Gasteiger charge is -2.35. The van der Waals surface area contributed by atoms with Crippen LogP contribution in [-0.4, -0.2) is 53.0 Å². The third-order valence-corrected chi connectivity index (χ3v) is 5.64. The molecule has 1 saturated carbocycles. The Bertz CT molecular complexity index is 524. The standard InChI is InChI=1S/C16H22N2O3S/c19-15(12-3-4-13(10-12)16(20)21)18-7-5-17(6-8-18)11-14-2-1-9-22-14/h1-2,9,12-13H,3-8,10-11H2,(H,20,21)/t12-,13+/m0/s1. The average Bonchev–Trinajstić information content (AvgIpc) is 3.18. The van der Waals surface area contributed by atoms with Gasteiger partial charge >= 0.3 is 5.97 Å². The topological polar surface area (TPSA) is 60.9 Å². The summed E-state index contributed by atoms with van der Waals surface area (Å²) in [5.41, 5.74) is 0. The van der Waals surface area contributed by atoms with Crippen LogP contribution in [0.1, 0.15) is 24.1 Å². The number of piperazine rings is 1. The fraction of sp³-hybridized carbons (Fsp3) is 0.625. The normalized spacial score (nSPS) is 26.3. The second-order valence-electron chi connectivity index (χ2n) is 6.23. The second kappa shape index (κ2) is 6.79. The minimum absolute atomic E-state index is 0.0788. The smallest absolute Gasteiger partial charge is 0.306 e. The molecule has 1 aliphatic carbocycles. The Morgan fingerprint density at radius 3 is 2.50 bits per heavy atom. The maximum absolute atomic E-state index is 12.5. The number of carboxylic acids is 1. The molecule has 1 aliphatic heterocycles.